The molecule has 2 heterocycles. The Kier molecular flexibility index (Phi) is 8.71. The van der Waals surface area contributed by atoms with E-state index in [1.54, 1.807) is 27.8 Å². The molecule has 1 aliphatic heterocycles. The molecule has 1 saturated heterocycles. The van der Waals surface area contributed by atoms with Crippen LogP contribution in [0.2, 0.25) is 10.0 Å². The minimum atomic E-state index is -3.21. The van der Waals surface area contributed by atoms with Crippen molar-refractivity contribution in [3.63, 3.8) is 0 Å². The lowest BCUT2D eigenvalue weighted by Crippen LogP contribution is -2.39. The Labute approximate surface area is 267 Å². The molecule has 1 fully saturated rings. The average molecular weight is 643 g/mol. The van der Waals surface area contributed by atoms with Crippen molar-refractivity contribution >= 4 is 45.0 Å². The van der Waals surface area contributed by atoms with Crippen LogP contribution < -0.4 is 0 Å². The van der Waals surface area contributed by atoms with Gasteiger partial charge in [0.25, 0.3) is 0 Å². The molecule has 1 aromatic heterocycles. The van der Waals surface area contributed by atoms with E-state index >= 15 is 0 Å². The summed E-state index contributed by atoms with van der Waals surface area (Å²) in [5, 5.41) is 5.94. The highest BCUT2D eigenvalue weighted by Gasteiger charge is 2.34. The predicted octanol–water partition coefficient (Wildman–Crippen LogP) is 7.74. The van der Waals surface area contributed by atoms with Crippen molar-refractivity contribution in [3.8, 4) is 28.1 Å². The van der Waals surface area contributed by atoms with Crippen LogP contribution in [0.1, 0.15) is 17.5 Å². The SMILES string of the molecule is O=C(/C=C/c1cn(-c2ccccc2)nc1-c1ccccc1)N(Cc1ccc(-c2ccc(Cl)cc2Cl)cc1)C1CCS(=O)(=O)C1. The third kappa shape index (κ3) is 6.81. The summed E-state index contributed by atoms with van der Waals surface area (Å²) in [4.78, 5) is 15.5. The molecular formula is C35H29Cl2N3O3S. The maximum absolute atomic E-state index is 13.8. The lowest BCUT2D eigenvalue weighted by molar-refractivity contribution is -0.128. The molecule has 1 amide bonds. The maximum atomic E-state index is 13.8. The smallest absolute Gasteiger partial charge is 0.247 e. The maximum Gasteiger partial charge on any atom is 0.247 e. The Hall–Kier alpha value is -4.17. The molecule has 6 rings (SSSR count). The monoisotopic (exact) mass is 641 g/mol. The number of benzene rings is 4. The second-order valence-electron chi connectivity index (χ2n) is 10.8. The van der Waals surface area contributed by atoms with Crippen molar-refractivity contribution in [3.05, 3.63) is 137 Å². The first-order valence-corrected chi connectivity index (χ1v) is 16.8. The molecule has 9 heteroatoms. The number of amides is 1. The molecule has 1 unspecified atom stereocenters. The fourth-order valence-corrected chi connectivity index (χ4v) is 7.67. The molecule has 0 bridgehead atoms. The summed E-state index contributed by atoms with van der Waals surface area (Å²) in [6, 6.07) is 32.3. The molecule has 0 spiro atoms. The molecular weight excluding hydrogens is 613 g/mol. The van der Waals surface area contributed by atoms with E-state index in [1.165, 1.54) is 6.08 Å². The number of halogens is 2. The van der Waals surface area contributed by atoms with Crippen LogP contribution in [0.15, 0.2) is 115 Å². The lowest BCUT2D eigenvalue weighted by Gasteiger charge is -2.27. The van der Waals surface area contributed by atoms with Crippen LogP contribution in [-0.2, 0) is 21.2 Å². The zero-order valence-electron chi connectivity index (χ0n) is 23.7. The highest BCUT2D eigenvalue weighted by Crippen LogP contribution is 2.31. The predicted molar refractivity (Wildman–Crippen MR) is 178 cm³/mol. The van der Waals surface area contributed by atoms with E-state index in [4.69, 9.17) is 28.3 Å². The Morgan fingerprint density at radius 2 is 1.61 bits per heavy atom. The Morgan fingerprint density at radius 1 is 0.909 bits per heavy atom. The van der Waals surface area contributed by atoms with Crippen LogP contribution in [0.3, 0.4) is 0 Å². The van der Waals surface area contributed by atoms with Gasteiger partial charge in [0.2, 0.25) is 5.91 Å². The molecule has 5 aromatic rings. The summed E-state index contributed by atoms with van der Waals surface area (Å²) in [5.41, 5.74) is 5.99. The number of carbonyl (C=O) groups is 1. The molecule has 44 heavy (non-hydrogen) atoms. The minimum Gasteiger partial charge on any atom is -0.331 e. The van der Waals surface area contributed by atoms with E-state index in [9.17, 15) is 13.2 Å². The number of hydrogen-bond acceptors (Lipinski definition) is 4. The van der Waals surface area contributed by atoms with Crippen LogP contribution in [0, 0.1) is 0 Å². The van der Waals surface area contributed by atoms with Crippen molar-refractivity contribution in [2.24, 2.45) is 0 Å². The molecule has 4 aromatic carbocycles. The van der Waals surface area contributed by atoms with Gasteiger partial charge in [-0.05, 0) is 47.9 Å². The van der Waals surface area contributed by atoms with Crippen LogP contribution in [0.4, 0.5) is 0 Å². The number of carbonyl (C=O) groups excluding carboxylic acids is 1. The second-order valence-corrected chi connectivity index (χ2v) is 13.8. The third-order valence-electron chi connectivity index (χ3n) is 7.70. The van der Waals surface area contributed by atoms with Crippen molar-refractivity contribution in [1.82, 2.24) is 14.7 Å². The quantitative estimate of drug-likeness (QED) is 0.162. The number of sulfone groups is 1. The molecule has 0 N–H and O–H groups in total. The summed E-state index contributed by atoms with van der Waals surface area (Å²) in [6.45, 7) is 0.271. The van der Waals surface area contributed by atoms with Gasteiger partial charge in [-0.3, -0.25) is 4.79 Å². The van der Waals surface area contributed by atoms with Gasteiger partial charge in [-0.2, -0.15) is 5.10 Å². The first-order chi connectivity index (χ1) is 21.3. The molecule has 6 nitrogen and oxygen atoms in total. The first-order valence-electron chi connectivity index (χ1n) is 14.2. The van der Waals surface area contributed by atoms with E-state index < -0.39 is 15.9 Å². The van der Waals surface area contributed by atoms with Crippen LogP contribution in [0.5, 0.6) is 0 Å². The zero-order chi connectivity index (χ0) is 30.7. The van der Waals surface area contributed by atoms with E-state index in [1.807, 2.05) is 97.2 Å². The fraction of sp³-hybridized carbons (Fsp3) is 0.143. The minimum absolute atomic E-state index is 0.0494. The topological polar surface area (TPSA) is 72.3 Å². The number of hydrogen-bond donors (Lipinski definition) is 0. The van der Waals surface area contributed by atoms with E-state index in [-0.39, 0.29) is 24.0 Å². The Morgan fingerprint density at radius 3 is 2.27 bits per heavy atom. The average Bonchev–Trinajstić information content (AvgIpc) is 3.63. The van der Waals surface area contributed by atoms with Crippen LogP contribution >= 0.6 is 23.2 Å². The Bertz CT molecular complexity index is 1920. The van der Waals surface area contributed by atoms with Crippen molar-refractivity contribution in [1.29, 1.82) is 0 Å². The normalized spacial score (nSPS) is 15.9. The van der Waals surface area contributed by atoms with E-state index in [0.717, 1.165) is 39.2 Å². The van der Waals surface area contributed by atoms with Gasteiger partial charge in [-0.1, -0.05) is 102 Å². The third-order valence-corrected chi connectivity index (χ3v) is 10.00. The standard InChI is InChI=1S/C35H29Cl2N3O3S/c36-29-16-17-32(33(37)21-29)26-13-11-25(12-14-26)22-39(31-19-20-44(42,43)24-31)34(41)18-15-28-23-40(30-9-5-2-6-10-30)38-35(28)27-7-3-1-4-8-27/h1-18,21,23,31H,19-20,22,24H2/b18-15+. The number of rotatable bonds is 8. The van der Waals surface area contributed by atoms with Crippen molar-refractivity contribution in [2.45, 2.75) is 19.0 Å². The largest absolute Gasteiger partial charge is 0.331 e. The van der Waals surface area contributed by atoms with Gasteiger partial charge in [0, 0.05) is 51.6 Å². The second kappa shape index (κ2) is 12.8. The van der Waals surface area contributed by atoms with Crippen LogP contribution in [-0.4, -0.2) is 46.6 Å². The number of nitrogens with zero attached hydrogens (tertiary/aromatic N) is 3. The summed E-state index contributed by atoms with van der Waals surface area (Å²) < 4.78 is 26.6. The molecule has 222 valence electrons. The van der Waals surface area contributed by atoms with Gasteiger partial charge in [0.1, 0.15) is 0 Å². The zero-order valence-corrected chi connectivity index (χ0v) is 26.0. The van der Waals surface area contributed by atoms with Gasteiger partial charge in [-0.25, -0.2) is 13.1 Å². The number of para-hydroxylation sites is 1. The van der Waals surface area contributed by atoms with Gasteiger partial charge in [-0.15, -0.1) is 0 Å². The number of aromatic nitrogens is 2. The van der Waals surface area contributed by atoms with Crippen LogP contribution in [0.25, 0.3) is 34.1 Å². The highest BCUT2D eigenvalue weighted by atomic mass is 35.5. The van der Waals surface area contributed by atoms with Crippen molar-refractivity contribution < 1.29 is 13.2 Å². The summed E-state index contributed by atoms with van der Waals surface area (Å²) >= 11 is 12.5. The van der Waals surface area contributed by atoms with E-state index in [2.05, 4.69) is 0 Å². The first kappa shape index (κ1) is 29.9. The molecule has 0 saturated carbocycles. The van der Waals surface area contributed by atoms with Gasteiger partial charge in [0.05, 0.1) is 22.9 Å². The summed E-state index contributed by atoms with van der Waals surface area (Å²) in [7, 11) is -3.21. The lowest BCUT2D eigenvalue weighted by atomic mass is 10.0. The summed E-state index contributed by atoms with van der Waals surface area (Å²) in [5.74, 6) is -0.239. The fourth-order valence-electron chi connectivity index (χ4n) is 5.42. The van der Waals surface area contributed by atoms with Crippen molar-refractivity contribution in [2.75, 3.05) is 11.5 Å². The van der Waals surface area contributed by atoms with Gasteiger partial charge in [0.15, 0.2) is 9.84 Å². The van der Waals surface area contributed by atoms with Gasteiger partial charge < -0.3 is 4.90 Å². The highest BCUT2D eigenvalue weighted by molar-refractivity contribution is 7.91. The molecule has 1 aliphatic rings. The van der Waals surface area contributed by atoms with Gasteiger partial charge >= 0.3 is 0 Å². The van der Waals surface area contributed by atoms with E-state index in [0.29, 0.717) is 16.5 Å². The molecule has 0 radical (unpaired) electrons. The Balaban J connectivity index is 1.29. The molecule has 1 atom stereocenters. The summed E-state index contributed by atoms with van der Waals surface area (Å²) in [6.07, 6.45) is 5.58. The molecule has 0 aliphatic carbocycles.